The molecule has 0 aliphatic carbocycles. The highest BCUT2D eigenvalue weighted by molar-refractivity contribution is 8.18. The zero-order chi connectivity index (χ0) is 25.7. The normalized spacial score (nSPS) is 17.5. The molecule has 8 heteroatoms. The van der Waals surface area contributed by atoms with E-state index >= 15 is 0 Å². The maximum absolute atomic E-state index is 13.0. The van der Waals surface area contributed by atoms with Gasteiger partial charge in [-0.15, -0.1) is 0 Å². The van der Waals surface area contributed by atoms with Gasteiger partial charge in [-0.05, 0) is 65.7 Å². The fraction of sp³-hybridized carbons (Fsp3) is 0.407. The molecule has 0 saturated carbocycles. The van der Waals surface area contributed by atoms with Crippen molar-refractivity contribution >= 4 is 40.6 Å². The van der Waals surface area contributed by atoms with Gasteiger partial charge in [0.2, 0.25) is 0 Å². The quantitative estimate of drug-likeness (QED) is 0.589. The minimum Gasteiger partial charge on any atom is -0.481 e. The Morgan fingerprint density at radius 2 is 1.66 bits per heavy atom. The SMILES string of the molecule is Cc1cc(/C=C2\SC(=O)NC2=O)cc2c1OCC(=O)N2Cc1cc(C(C)(C)C)nc(C(C)(C)C)c1. The summed E-state index contributed by atoms with van der Waals surface area (Å²) in [6.07, 6.45) is 1.66. The number of nitrogens with zero attached hydrogens (tertiary/aromatic N) is 2. The lowest BCUT2D eigenvalue weighted by Crippen LogP contribution is -2.38. The van der Waals surface area contributed by atoms with Crippen molar-refractivity contribution in [2.75, 3.05) is 11.5 Å². The van der Waals surface area contributed by atoms with E-state index in [0.29, 0.717) is 22.9 Å². The molecule has 0 spiro atoms. The van der Waals surface area contributed by atoms with E-state index in [1.807, 2.05) is 19.1 Å². The molecule has 3 amide bonds. The number of aryl methyl sites for hydroxylation is 1. The fourth-order valence-corrected chi connectivity index (χ4v) is 4.66. The molecule has 1 N–H and O–H groups in total. The molecule has 3 heterocycles. The summed E-state index contributed by atoms with van der Waals surface area (Å²) in [7, 11) is 0. The third-order valence-electron chi connectivity index (χ3n) is 5.91. The summed E-state index contributed by atoms with van der Waals surface area (Å²) in [5.41, 5.74) is 4.88. The monoisotopic (exact) mass is 493 g/mol. The van der Waals surface area contributed by atoms with Crippen LogP contribution >= 0.6 is 11.8 Å². The van der Waals surface area contributed by atoms with Crippen molar-refractivity contribution in [3.05, 3.63) is 57.2 Å². The summed E-state index contributed by atoms with van der Waals surface area (Å²) in [4.78, 5) is 43.6. The molecule has 0 bridgehead atoms. The molecule has 2 aliphatic rings. The number of carbonyl (C=O) groups is 3. The van der Waals surface area contributed by atoms with Crippen LogP contribution in [0.1, 0.15) is 69.6 Å². The molecule has 4 rings (SSSR count). The number of rotatable bonds is 3. The third kappa shape index (κ3) is 5.27. The van der Waals surface area contributed by atoms with Crippen LogP contribution in [0, 0.1) is 6.92 Å². The number of hydrogen-bond donors (Lipinski definition) is 1. The average molecular weight is 494 g/mol. The van der Waals surface area contributed by atoms with Crippen LogP contribution in [0.15, 0.2) is 29.2 Å². The molecule has 0 unspecified atom stereocenters. The highest BCUT2D eigenvalue weighted by Crippen LogP contribution is 2.39. The minimum absolute atomic E-state index is 0.0373. The van der Waals surface area contributed by atoms with E-state index in [4.69, 9.17) is 9.72 Å². The Hall–Kier alpha value is -3.13. The van der Waals surface area contributed by atoms with Crippen molar-refractivity contribution in [2.24, 2.45) is 0 Å². The van der Waals surface area contributed by atoms with Crippen molar-refractivity contribution in [1.29, 1.82) is 0 Å². The van der Waals surface area contributed by atoms with Crippen molar-refractivity contribution in [3.63, 3.8) is 0 Å². The molecule has 1 saturated heterocycles. The van der Waals surface area contributed by atoms with E-state index in [1.165, 1.54) is 0 Å². The second-order valence-corrected chi connectivity index (χ2v) is 12.1. The predicted octanol–water partition coefficient (Wildman–Crippen LogP) is 5.23. The lowest BCUT2D eigenvalue weighted by molar-refractivity contribution is -0.121. The Kier molecular flexibility index (Phi) is 6.30. The standard InChI is InChI=1S/C27H31N3O4S/c1-15-8-16(10-19-24(32)29-25(33)35-19)9-18-23(15)34-14-22(31)30(18)13-17-11-20(26(2,3)4)28-21(12-17)27(5,6)7/h8-12H,13-14H2,1-7H3,(H,29,32,33)/b19-10-. The number of pyridine rings is 1. The molecule has 1 aromatic carbocycles. The highest BCUT2D eigenvalue weighted by Gasteiger charge is 2.30. The van der Waals surface area contributed by atoms with Crippen LogP contribution in [0.5, 0.6) is 5.75 Å². The first-order valence-corrected chi connectivity index (χ1v) is 12.4. The molecule has 1 aromatic heterocycles. The molecule has 7 nitrogen and oxygen atoms in total. The maximum atomic E-state index is 13.0. The molecular weight excluding hydrogens is 462 g/mol. The first kappa shape index (κ1) is 25.0. The second-order valence-electron chi connectivity index (χ2n) is 11.1. The summed E-state index contributed by atoms with van der Waals surface area (Å²) in [5.74, 6) is 0.0876. The second kappa shape index (κ2) is 8.82. The molecular formula is C27H31N3O4S. The smallest absolute Gasteiger partial charge is 0.290 e. The van der Waals surface area contributed by atoms with Gasteiger partial charge in [0.1, 0.15) is 5.75 Å². The largest absolute Gasteiger partial charge is 0.481 e. The van der Waals surface area contributed by atoms with Crippen molar-refractivity contribution < 1.29 is 19.1 Å². The minimum atomic E-state index is -0.416. The number of carbonyl (C=O) groups excluding carboxylic acids is 3. The summed E-state index contributed by atoms with van der Waals surface area (Å²) < 4.78 is 5.79. The number of amides is 3. The van der Waals surface area contributed by atoms with Crippen LogP contribution in [0.25, 0.3) is 6.08 Å². The van der Waals surface area contributed by atoms with Crippen molar-refractivity contribution in [2.45, 2.75) is 65.8 Å². The van der Waals surface area contributed by atoms with Crippen LogP contribution in [0.2, 0.25) is 0 Å². The van der Waals surface area contributed by atoms with Gasteiger partial charge in [0, 0.05) is 22.2 Å². The van der Waals surface area contributed by atoms with Crippen molar-refractivity contribution in [1.82, 2.24) is 10.3 Å². The van der Waals surface area contributed by atoms with E-state index in [0.717, 1.165) is 39.8 Å². The third-order valence-corrected chi connectivity index (χ3v) is 6.72. The van der Waals surface area contributed by atoms with E-state index in [1.54, 1.807) is 11.0 Å². The van der Waals surface area contributed by atoms with Crippen LogP contribution in [-0.2, 0) is 27.0 Å². The number of ether oxygens (including phenoxy) is 1. The number of benzene rings is 1. The molecule has 2 aliphatic heterocycles. The molecule has 35 heavy (non-hydrogen) atoms. The number of anilines is 1. The number of nitrogens with one attached hydrogen (secondary N) is 1. The van der Waals surface area contributed by atoms with E-state index in [-0.39, 0.29) is 23.3 Å². The highest BCUT2D eigenvalue weighted by atomic mass is 32.2. The first-order chi connectivity index (χ1) is 16.2. The Bertz CT molecular complexity index is 1240. The lowest BCUT2D eigenvalue weighted by Gasteiger charge is -2.32. The predicted molar refractivity (Wildman–Crippen MR) is 139 cm³/mol. The van der Waals surface area contributed by atoms with Gasteiger partial charge in [0.25, 0.3) is 17.1 Å². The Labute approximate surface area is 210 Å². The van der Waals surface area contributed by atoms with Crippen LogP contribution in [-0.4, -0.2) is 28.6 Å². The summed E-state index contributed by atoms with van der Waals surface area (Å²) in [6, 6.07) is 7.86. The number of thioether (sulfide) groups is 1. The summed E-state index contributed by atoms with van der Waals surface area (Å²) >= 11 is 0.866. The summed E-state index contributed by atoms with van der Waals surface area (Å²) in [6.45, 7) is 15.0. The van der Waals surface area contributed by atoms with E-state index in [9.17, 15) is 14.4 Å². The Morgan fingerprint density at radius 1 is 1.03 bits per heavy atom. The van der Waals surface area contributed by atoms with Crippen LogP contribution < -0.4 is 15.0 Å². The van der Waals surface area contributed by atoms with Gasteiger partial charge in [0.05, 0.1) is 17.1 Å². The molecule has 0 radical (unpaired) electrons. The zero-order valence-corrected chi connectivity index (χ0v) is 22.1. The average Bonchev–Trinajstić information content (AvgIpc) is 3.05. The molecule has 184 valence electrons. The number of hydrogen-bond acceptors (Lipinski definition) is 6. The van der Waals surface area contributed by atoms with Gasteiger partial charge >= 0.3 is 0 Å². The van der Waals surface area contributed by atoms with Gasteiger partial charge in [-0.1, -0.05) is 41.5 Å². The van der Waals surface area contributed by atoms with Crippen molar-refractivity contribution in [3.8, 4) is 5.75 Å². The van der Waals surface area contributed by atoms with Gasteiger partial charge < -0.3 is 9.64 Å². The van der Waals surface area contributed by atoms with Gasteiger partial charge in [-0.2, -0.15) is 0 Å². The molecule has 1 fully saturated rings. The molecule has 0 atom stereocenters. The number of aromatic nitrogens is 1. The zero-order valence-electron chi connectivity index (χ0n) is 21.2. The Morgan fingerprint density at radius 3 is 2.20 bits per heavy atom. The Balaban J connectivity index is 1.77. The first-order valence-electron chi connectivity index (χ1n) is 11.6. The fourth-order valence-electron chi connectivity index (χ4n) is 3.98. The number of imide groups is 1. The molecule has 2 aromatic rings. The van der Waals surface area contributed by atoms with E-state index < -0.39 is 11.1 Å². The summed E-state index contributed by atoms with van der Waals surface area (Å²) in [5, 5.41) is 1.88. The number of fused-ring (bicyclic) bond motifs is 1. The van der Waals surface area contributed by atoms with Gasteiger partial charge in [0.15, 0.2) is 6.61 Å². The topological polar surface area (TPSA) is 88.6 Å². The van der Waals surface area contributed by atoms with Crippen LogP contribution in [0.4, 0.5) is 10.5 Å². The van der Waals surface area contributed by atoms with Gasteiger partial charge in [-0.3, -0.25) is 24.7 Å². The maximum Gasteiger partial charge on any atom is 0.290 e. The van der Waals surface area contributed by atoms with E-state index in [2.05, 4.69) is 59.0 Å². The van der Waals surface area contributed by atoms with Gasteiger partial charge in [-0.25, -0.2) is 0 Å². The lowest BCUT2D eigenvalue weighted by atomic mass is 9.86. The van der Waals surface area contributed by atoms with Crippen LogP contribution in [0.3, 0.4) is 0 Å².